The van der Waals surface area contributed by atoms with Gasteiger partial charge in [0, 0.05) is 13.1 Å². The van der Waals surface area contributed by atoms with Gasteiger partial charge in [0.25, 0.3) is 0 Å². The first kappa shape index (κ1) is 59.0. The fourth-order valence-electron chi connectivity index (χ4n) is 10.0. The molecule has 2 aliphatic rings. The summed E-state index contributed by atoms with van der Waals surface area (Å²) in [7, 11) is 1.41. The summed E-state index contributed by atoms with van der Waals surface area (Å²) in [5.74, 6) is -1.78. The fraction of sp³-hybridized carbons (Fsp3) is 0.333. The molecule has 2 heterocycles. The van der Waals surface area contributed by atoms with Crippen LogP contribution in [0.25, 0.3) is 0 Å². The van der Waals surface area contributed by atoms with E-state index in [1.165, 1.54) is 18.2 Å². The van der Waals surface area contributed by atoms with Gasteiger partial charge in [-0.2, -0.15) is 0 Å². The molecule has 71 heavy (non-hydrogen) atoms. The second kappa shape index (κ2) is 30.5. The van der Waals surface area contributed by atoms with Gasteiger partial charge in [0.2, 0.25) is 11.8 Å². The minimum atomic E-state index is -0.907. The van der Waals surface area contributed by atoms with Crippen molar-refractivity contribution in [1.29, 1.82) is 0 Å². The topological polar surface area (TPSA) is 166 Å². The Morgan fingerprint density at radius 1 is 0.507 bits per heavy atom. The zero-order chi connectivity index (χ0) is 46.8. The Balaban J connectivity index is 0.000000355. The number of ether oxygens (including phenoxy) is 1. The Hall–Kier alpha value is -6.28. The average molecular weight is 955 g/mol. The van der Waals surface area contributed by atoms with E-state index in [4.69, 9.17) is 4.74 Å². The van der Waals surface area contributed by atoms with Gasteiger partial charge in [0.05, 0.1) is 18.9 Å². The number of rotatable bonds is 18. The molecule has 2 saturated heterocycles. The summed E-state index contributed by atoms with van der Waals surface area (Å²) >= 11 is 0. The molecule has 370 valence electrons. The Morgan fingerprint density at radius 3 is 1.11 bits per heavy atom. The van der Waals surface area contributed by atoms with Crippen LogP contribution in [-0.4, -0.2) is 81.9 Å². The van der Waals surface area contributed by atoms with Crippen molar-refractivity contribution in [2.45, 2.75) is 95.6 Å². The molecular weight excluding hydrogens is 884 g/mol. The number of benzene rings is 6. The molecule has 0 aliphatic carbocycles. The van der Waals surface area contributed by atoms with E-state index in [-0.39, 0.29) is 60.9 Å². The molecule has 6 aromatic carbocycles. The van der Waals surface area contributed by atoms with Gasteiger partial charge in [0.1, 0.15) is 12.1 Å². The maximum absolute atomic E-state index is 14.0. The molecule has 2 fully saturated rings. The third-order valence-electron chi connectivity index (χ3n) is 13.5. The van der Waals surface area contributed by atoms with Crippen molar-refractivity contribution in [1.82, 2.24) is 9.80 Å². The van der Waals surface area contributed by atoms with Gasteiger partial charge in [-0.1, -0.05) is 202 Å². The summed E-state index contributed by atoms with van der Waals surface area (Å²) < 4.78 is 5.10. The van der Waals surface area contributed by atoms with Gasteiger partial charge in [-0.25, -0.2) is 9.59 Å². The number of unbranched alkanes of at least 4 members (excludes halogenated alkanes) is 2. The second-order valence-electron chi connectivity index (χ2n) is 18.0. The number of esters is 1. The van der Waals surface area contributed by atoms with Crippen LogP contribution in [0.4, 0.5) is 0 Å². The summed E-state index contributed by atoms with van der Waals surface area (Å²) in [5, 5.41) is 9.90. The standard InChI is InChI=1S/C30H33NO3.C29H31NO3.CH4.Li.2H2O/c1-34-30(33)27-21-24(16-12-11-15-23-13-5-2-6-14-23)22-31(27)29(32)28(25-17-7-3-8-18-25)26-19-9-4-10-20-26;31-28(27(24-16-6-2-7-17-24)25-18-8-3-9-19-25)30-21-23(20-26(30)29(32)33)15-11-10-14-22-12-4-1-5-13-22;;;;/h2-10,13-14,17-20,24,27-28H,11-12,15-16,21-22H2,1H3;1-9,12-13,16-19,23,26-27H,10-11,14-15,20-21H2,(H,32,33);1H4;;2*1H2/q;;;+1;;/p-1/t24-,27-;23-,26-;;;;/m00..../s1. The molecular formula is C60H71LiN2O8. The first-order chi connectivity index (χ1) is 32.8. The van der Waals surface area contributed by atoms with Crippen LogP contribution in [0.3, 0.4) is 0 Å². The molecule has 2 amide bonds. The molecule has 0 bridgehead atoms. The number of hydrogen-bond acceptors (Lipinski definition) is 6. The number of carbonyl (C=O) groups excluding carboxylic acids is 3. The van der Waals surface area contributed by atoms with Gasteiger partial charge >= 0.3 is 30.8 Å². The number of likely N-dealkylation sites (tertiary alicyclic amines) is 2. The van der Waals surface area contributed by atoms with E-state index in [2.05, 4.69) is 48.5 Å². The quantitative estimate of drug-likeness (QED) is 0.0522. The monoisotopic (exact) mass is 955 g/mol. The van der Waals surface area contributed by atoms with Crippen LogP contribution in [0.5, 0.6) is 0 Å². The number of carbonyl (C=O) groups is 4. The van der Waals surface area contributed by atoms with Crippen molar-refractivity contribution in [3.8, 4) is 0 Å². The molecule has 4 atom stereocenters. The molecule has 6 aromatic rings. The molecule has 8 rings (SSSR count). The Morgan fingerprint density at radius 2 is 0.803 bits per heavy atom. The van der Waals surface area contributed by atoms with Crippen molar-refractivity contribution < 1.29 is 58.8 Å². The van der Waals surface area contributed by atoms with Crippen molar-refractivity contribution in [2.24, 2.45) is 11.8 Å². The van der Waals surface area contributed by atoms with Crippen LogP contribution in [0.1, 0.15) is 104 Å². The number of carboxylic acids is 1. The first-order valence-electron chi connectivity index (χ1n) is 24.0. The zero-order valence-corrected chi connectivity index (χ0v) is 40.6. The number of hydrogen-bond donors (Lipinski definition) is 1. The van der Waals surface area contributed by atoms with Crippen LogP contribution in [0.2, 0.25) is 0 Å². The van der Waals surface area contributed by atoms with Crippen LogP contribution in [-0.2, 0) is 36.8 Å². The minimum Gasteiger partial charge on any atom is -0.870 e. The number of nitrogens with zero attached hydrogens (tertiary/aromatic N) is 2. The second-order valence-corrected chi connectivity index (χ2v) is 18.0. The predicted molar refractivity (Wildman–Crippen MR) is 277 cm³/mol. The van der Waals surface area contributed by atoms with E-state index in [0.717, 1.165) is 73.6 Å². The SMILES string of the molecule is C.COC(=O)[C@@H]1C[C@H](CCCCc2ccccc2)CN1C(=O)C(c1ccccc1)c1ccccc1.O.O=C(O)[C@@H]1C[C@H](CCCCc2ccccc2)CN1C(=O)C(c1ccccc1)c1ccccc1.[Li+].[OH-]. The molecule has 0 unspecified atom stereocenters. The number of amides is 2. The molecule has 0 radical (unpaired) electrons. The van der Waals surface area contributed by atoms with E-state index in [0.29, 0.717) is 31.8 Å². The smallest absolute Gasteiger partial charge is 0.870 e. The van der Waals surface area contributed by atoms with Gasteiger partial charge in [-0.15, -0.1) is 0 Å². The van der Waals surface area contributed by atoms with E-state index < -0.39 is 29.9 Å². The number of carboxylic acid groups (broad SMARTS) is 1. The molecule has 11 heteroatoms. The Bertz CT molecular complexity index is 2370. The Kier molecular flexibility index (Phi) is 25.3. The largest absolute Gasteiger partial charge is 1.00 e. The van der Waals surface area contributed by atoms with E-state index in [9.17, 15) is 24.3 Å². The van der Waals surface area contributed by atoms with Crippen molar-refractivity contribution in [3.63, 3.8) is 0 Å². The third-order valence-corrected chi connectivity index (χ3v) is 13.5. The maximum Gasteiger partial charge on any atom is 1.00 e. The van der Waals surface area contributed by atoms with Crippen molar-refractivity contribution in [3.05, 3.63) is 215 Å². The summed E-state index contributed by atoms with van der Waals surface area (Å²) in [6, 6.07) is 58.7. The summed E-state index contributed by atoms with van der Waals surface area (Å²) in [5.41, 5.74) is 6.35. The van der Waals surface area contributed by atoms with E-state index in [1.807, 2.05) is 133 Å². The third kappa shape index (κ3) is 16.4. The van der Waals surface area contributed by atoms with E-state index >= 15 is 0 Å². The zero-order valence-electron chi connectivity index (χ0n) is 40.6. The average Bonchev–Trinajstić information content (AvgIpc) is 4.02. The normalized spacial score (nSPS) is 16.8. The summed E-state index contributed by atoms with van der Waals surface area (Å²) in [4.78, 5) is 55.9. The van der Waals surface area contributed by atoms with Crippen molar-refractivity contribution >= 4 is 23.8 Å². The van der Waals surface area contributed by atoms with Crippen LogP contribution >= 0.6 is 0 Å². The fourth-order valence-corrected chi connectivity index (χ4v) is 10.0. The summed E-state index contributed by atoms with van der Waals surface area (Å²) in [6.45, 7) is 1.11. The Labute approximate surface area is 433 Å². The van der Waals surface area contributed by atoms with Crippen molar-refractivity contribution in [2.75, 3.05) is 20.2 Å². The summed E-state index contributed by atoms with van der Waals surface area (Å²) in [6.07, 6.45) is 9.53. The van der Waals surface area contributed by atoms with Gasteiger partial charge in [0.15, 0.2) is 0 Å². The van der Waals surface area contributed by atoms with E-state index in [1.54, 1.807) is 9.80 Å². The molecule has 0 aromatic heterocycles. The predicted octanol–water partition coefficient (Wildman–Crippen LogP) is 7.79. The van der Waals surface area contributed by atoms with Gasteiger partial charge < -0.3 is 30.6 Å². The molecule has 10 nitrogen and oxygen atoms in total. The maximum atomic E-state index is 14.0. The van der Waals surface area contributed by atoms with Crippen LogP contribution in [0.15, 0.2) is 182 Å². The molecule has 4 N–H and O–H groups in total. The van der Waals surface area contributed by atoms with Gasteiger partial charge in [-0.05, 0) is 96.6 Å². The minimum absolute atomic E-state index is 0. The van der Waals surface area contributed by atoms with Gasteiger partial charge in [-0.3, -0.25) is 9.59 Å². The molecule has 0 saturated carbocycles. The number of aliphatic carboxylic acids is 1. The number of methoxy groups -OCH3 is 1. The molecule has 0 spiro atoms. The van der Waals surface area contributed by atoms with Crippen LogP contribution in [0, 0.1) is 11.8 Å². The van der Waals surface area contributed by atoms with Crippen LogP contribution < -0.4 is 18.9 Å². The number of aryl methyl sites for hydroxylation is 2. The first-order valence-corrected chi connectivity index (χ1v) is 24.0. The molecule has 2 aliphatic heterocycles.